The lowest BCUT2D eigenvalue weighted by molar-refractivity contribution is 0.347. The minimum Gasteiger partial charge on any atom is -0.206 e. The first-order valence-electron chi connectivity index (χ1n) is 6.40. The fraction of sp³-hybridized carbons (Fsp3) is 0.438. The van der Waals surface area contributed by atoms with Crippen LogP contribution in [0.2, 0.25) is 0 Å². The van der Waals surface area contributed by atoms with Gasteiger partial charge in [-0.15, -0.1) is 0 Å². The first-order chi connectivity index (χ1) is 8.70. The van der Waals surface area contributed by atoms with Crippen LogP contribution in [0.15, 0.2) is 18.2 Å². The van der Waals surface area contributed by atoms with Gasteiger partial charge in [-0.25, -0.2) is 4.39 Å². The van der Waals surface area contributed by atoms with Gasteiger partial charge in [-0.1, -0.05) is 25.8 Å². The van der Waals surface area contributed by atoms with E-state index in [4.69, 9.17) is 5.26 Å². The summed E-state index contributed by atoms with van der Waals surface area (Å²) in [5, 5.41) is 8.36. The summed E-state index contributed by atoms with van der Waals surface area (Å²) in [6.07, 6.45) is 4.73. The average Bonchev–Trinajstić information content (AvgIpc) is 2.38. The molecule has 1 aliphatic rings. The lowest BCUT2D eigenvalue weighted by atomic mass is 9.79. The summed E-state index contributed by atoms with van der Waals surface area (Å²) < 4.78 is 13.8. The Morgan fingerprint density at radius 1 is 1.28 bits per heavy atom. The fourth-order valence-electron chi connectivity index (χ4n) is 2.58. The molecule has 18 heavy (non-hydrogen) atoms. The number of nitriles is 1. The number of benzene rings is 1. The zero-order valence-corrected chi connectivity index (χ0v) is 10.5. The van der Waals surface area contributed by atoms with Gasteiger partial charge in [-0.3, -0.25) is 0 Å². The highest BCUT2D eigenvalue weighted by Crippen LogP contribution is 2.35. The van der Waals surface area contributed by atoms with Gasteiger partial charge in [0.2, 0.25) is 0 Å². The molecular weight excluding hydrogens is 225 g/mol. The first-order valence-corrected chi connectivity index (χ1v) is 6.40. The highest BCUT2D eigenvalue weighted by Gasteiger charge is 2.20. The zero-order valence-electron chi connectivity index (χ0n) is 10.5. The van der Waals surface area contributed by atoms with Crippen molar-refractivity contribution in [3.8, 4) is 17.9 Å². The van der Waals surface area contributed by atoms with Gasteiger partial charge in [0.1, 0.15) is 5.82 Å². The molecule has 0 unspecified atom stereocenters. The molecule has 1 fully saturated rings. The van der Waals surface area contributed by atoms with Crippen LogP contribution in [0.1, 0.15) is 51.1 Å². The number of rotatable bonds is 1. The van der Waals surface area contributed by atoms with Gasteiger partial charge in [-0.05, 0) is 48.3 Å². The molecule has 1 aromatic rings. The molecule has 0 amide bonds. The summed E-state index contributed by atoms with van der Waals surface area (Å²) in [6, 6.07) is 6.92. The van der Waals surface area contributed by atoms with Crippen LogP contribution >= 0.6 is 0 Å². The average molecular weight is 243 g/mol. The number of nitrogens with zero attached hydrogens (tertiary/aromatic N) is 1. The van der Waals surface area contributed by atoms with Crippen LogP contribution in [0.4, 0.5) is 4.39 Å². The number of halogens is 1. The molecule has 2 rings (SSSR count). The molecule has 0 bridgehead atoms. The minimum atomic E-state index is -0.311. The Labute approximate surface area is 109 Å². The second-order valence-electron chi connectivity index (χ2n) is 5.06. The monoisotopic (exact) mass is 243 g/mol. The molecule has 94 valence electrons. The summed E-state index contributed by atoms with van der Waals surface area (Å²) in [7, 11) is 0. The topological polar surface area (TPSA) is 23.8 Å². The standard InChI is InChI=1S/C16H16FN.H2/c1-12-4-6-13(7-5-12)15-9-8-14(3-2-10-18)16(17)11-15;/h8-9,11-13H,4-7H2,1H3;1H. The van der Waals surface area contributed by atoms with E-state index < -0.39 is 0 Å². The maximum Gasteiger partial charge on any atom is 0.152 e. The van der Waals surface area contributed by atoms with Crippen molar-refractivity contribution >= 4 is 0 Å². The van der Waals surface area contributed by atoms with Crippen LogP contribution in [-0.2, 0) is 0 Å². The summed E-state index contributed by atoms with van der Waals surface area (Å²) in [6.45, 7) is 2.28. The summed E-state index contributed by atoms with van der Waals surface area (Å²) >= 11 is 0. The summed E-state index contributed by atoms with van der Waals surface area (Å²) in [4.78, 5) is 0. The smallest absolute Gasteiger partial charge is 0.152 e. The molecule has 0 radical (unpaired) electrons. The molecule has 0 saturated heterocycles. The van der Waals surface area contributed by atoms with Crippen molar-refractivity contribution in [2.75, 3.05) is 0 Å². The van der Waals surface area contributed by atoms with Crippen molar-refractivity contribution < 1.29 is 5.82 Å². The molecule has 0 aromatic heterocycles. The number of hydrogen-bond donors (Lipinski definition) is 0. The Balaban J connectivity index is 0.00000180. The third kappa shape index (κ3) is 2.90. The largest absolute Gasteiger partial charge is 0.206 e. The Hall–Kier alpha value is -1.80. The van der Waals surface area contributed by atoms with Crippen molar-refractivity contribution in [2.45, 2.75) is 38.5 Å². The zero-order chi connectivity index (χ0) is 13.0. The molecular formula is C16H18FN. The Bertz CT molecular complexity index is 528. The minimum absolute atomic E-state index is 0. The van der Waals surface area contributed by atoms with Crippen LogP contribution in [0.3, 0.4) is 0 Å². The molecule has 1 saturated carbocycles. The van der Waals surface area contributed by atoms with Crippen LogP contribution in [0.5, 0.6) is 0 Å². The molecule has 0 spiro atoms. The SMILES string of the molecule is CC1CCC(c2ccc(C#CC#N)c(F)c2)CC1.[HH]. The van der Waals surface area contributed by atoms with Crippen molar-refractivity contribution in [3.63, 3.8) is 0 Å². The van der Waals surface area contributed by atoms with Crippen molar-refractivity contribution in [1.82, 2.24) is 0 Å². The van der Waals surface area contributed by atoms with Crippen molar-refractivity contribution in [1.29, 1.82) is 5.26 Å². The van der Waals surface area contributed by atoms with Crippen molar-refractivity contribution in [2.24, 2.45) is 5.92 Å². The van der Waals surface area contributed by atoms with E-state index in [-0.39, 0.29) is 7.24 Å². The van der Waals surface area contributed by atoms with E-state index >= 15 is 0 Å². The molecule has 1 aliphatic carbocycles. The Morgan fingerprint density at radius 3 is 2.61 bits per heavy atom. The second kappa shape index (κ2) is 5.69. The van der Waals surface area contributed by atoms with Gasteiger partial charge in [0.25, 0.3) is 0 Å². The van der Waals surface area contributed by atoms with E-state index in [2.05, 4.69) is 18.8 Å². The normalized spacial score (nSPS) is 22.7. The lowest BCUT2D eigenvalue weighted by Crippen LogP contribution is -2.11. The lowest BCUT2D eigenvalue weighted by Gasteiger charge is -2.26. The fourth-order valence-corrected chi connectivity index (χ4v) is 2.58. The number of hydrogen-bond acceptors (Lipinski definition) is 1. The van der Waals surface area contributed by atoms with E-state index in [0.29, 0.717) is 11.5 Å². The third-order valence-corrected chi connectivity index (χ3v) is 3.73. The van der Waals surface area contributed by atoms with Crippen LogP contribution in [0, 0.1) is 34.9 Å². The van der Waals surface area contributed by atoms with Gasteiger partial charge in [0, 0.05) is 7.35 Å². The van der Waals surface area contributed by atoms with E-state index in [1.807, 2.05) is 6.07 Å². The molecule has 2 heteroatoms. The highest BCUT2D eigenvalue weighted by atomic mass is 19.1. The molecule has 1 nitrogen and oxygen atoms in total. The predicted octanol–water partition coefficient (Wildman–Crippen LogP) is 4.24. The van der Waals surface area contributed by atoms with Crippen LogP contribution < -0.4 is 0 Å². The van der Waals surface area contributed by atoms with Gasteiger partial charge in [0.15, 0.2) is 6.07 Å². The summed E-state index contributed by atoms with van der Waals surface area (Å²) in [5.74, 6) is 5.71. The van der Waals surface area contributed by atoms with E-state index in [1.165, 1.54) is 12.8 Å². The van der Waals surface area contributed by atoms with Gasteiger partial charge >= 0.3 is 0 Å². The van der Waals surface area contributed by atoms with Gasteiger partial charge in [-0.2, -0.15) is 5.26 Å². The molecule has 0 N–H and O–H groups in total. The predicted molar refractivity (Wildman–Crippen MR) is 71.4 cm³/mol. The highest BCUT2D eigenvalue weighted by molar-refractivity contribution is 5.41. The second-order valence-corrected chi connectivity index (χ2v) is 5.06. The molecule has 1 aromatic carbocycles. The summed E-state index contributed by atoms with van der Waals surface area (Å²) in [5.41, 5.74) is 1.38. The van der Waals surface area contributed by atoms with E-state index in [0.717, 1.165) is 24.3 Å². The molecule has 0 atom stereocenters. The maximum absolute atomic E-state index is 13.8. The first kappa shape index (κ1) is 12.7. The molecule has 0 heterocycles. The van der Waals surface area contributed by atoms with E-state index in [9.17, 15) is 4.39 Å². The van der Waals surface area contributed by atoms with Gasteiger partial charge in [0.05, 0.1) is 5.56 Å². The van der Waals surface area contributed by atoms with Crippen LogP contribution in [-0.4, -0.2) is 0 Å². The van der Waals surface area contributed by atoms with Gasteiger partial charge < -0.3 is 0 Å². The maximum atomic E-state index is 13.8. The van der Waals surface area contributed by atoms with Crippen molar-refractivity contribution in [3.05, 3.63) is 35.1 Å². The molecule has 0 aliphatic heterocycles. The quantitative estimate of drug-likeness (QED) is 0.677. The Morgan fingerprint density at radius 2 is 2.00 bits per heavy atom. The Kier molecular flexibility index (Phi) is 4.00. The third-order valence-electron chi connectivity index (χ3n) is 3.73. The van der Waals surface area contributed by atoms with E-state index in [1.54, 1.807) is 18.2 Å². The van der Waals surface area contributed by atoms with Crippen LogP contribution in [0.25, 0.3) is 0 Å².